The van der Waals surface area contributed by atoms with Crippen molar-refractivity contribution in [1.29, 1.82) is 0 Å². The van der Waals surface area contributed by atoms with E-state index in [0.29, 0.717) is 22.1 Å². The van der Waals surface area contributed by atoms with Gasteiger partial charge < -0.3 is 15.2 Å². The van der Waals surface area contributed by atoms with Crippen LogP contribution in [0.25, 0.3) is 5.57 Å². The molecule has 0 saturated heterocycles. The predicted octanol–water partition coefficient (Wildman–Crippen LogP) is 4.97. The van der Waals surface area contributed by atoms with Crippen LogP contribution in [0.1, 0.15) is 45.5 Å². The summed E-state index contributed by atoms with van der Waals surface area (Å²) in [7, 11) is 0. The average Bonchev–Trinajstić information content (AvgIpc) is 2.81. The van der Waals surface area contributed by atoms with Gasteiger partial charge in [0, 0.05) is 57.9 Å². The Bertz CT molecular complexity index is 1480. The molecule has 5 nitrogen and oxygen atoms in total. The van der Waals surface area contributed by atoms with Crippen molar-refractivity contribution in [3.05, 3.63) is 84.8 Å². The van der Waals surface area contributed by atoms with Crippen molar-refractivity contribution in [3.8, 4) is 11.5 Å². The molecular formula is C26H20Cl2N2O3. The van der Waals surface area contributed by atoms with Gasteiger partial charge in [-0.1, -0.05) is 23.2 Å². The van der Waals surface area contributed by atoms with E-state index in [2.05, 4.69) is 22.4 Å². The fourth-order valence-electron chi connectivity index (χ4n) is 5.03. The van der Waals surface area contributed by atoms with Gasteiger partial charge in [-0.25, -0.2) is 4.79 Å². The molecular weight excluding hydrogens is 459 g/mol. The van der Waals surface area contributed by atoms with Crippen LogP contribution in [0, 0.1) is 0 Å². The molecule has 0 unspecified atom stereocenters. The number of carbonyl (C=O) groups is 1. The standard InChI is InChI=1S/C26H20Cl2N2O3/c27-17-5-6-18(28)25(26(31)32)24(17)23-15-9-13-3-1-7-29-19(13)11-21(15)33-22-12-20-14(10-16(22)23)4-2-8-30-20/h5-6,9-12,29H,1-4,7-8H2,(H,31,32). The molecule has 6 rings (SSSR count). The first-order chi connectivity index (χ1) is 16.0. The van der Waals surface area contributed by atoms with Crippen LogP contribution in [0.5, 0.6) is 11.5 Å². The molecule has 0 aromatic heterocycles. The maximum atomic E-state index is 12.3. The summed E-state index contributed by atoms with van der Waals surface area (Å²) in [6.45, 7) is 1.70. The largest absolute Gasteiger partial charge is 0.478 e. The molecule has 3 aromatic rings. The van der Waals surface area contributed by atoms with Gasteiger partial charge >= 0.3 is 5.97 Å². The molecule has 7 heteroatoms. The zero-order chi connectivity index (χ0) is 22.7. The average molecular weight is 479 g/mol. The summed E-state index contributed by atoms with van der Waals surface area (Å²) in [5.74, 6) is 0.186. The van der Waals surface area contributed by atoms with E-state index >= 15 is 0 Å². The topological polar surface area (TPSA) is 70.9 Å². The predicted molar refractivity (Wildman–Crippen MR) is 129 cm³/mol. The summed E-state index contributed by atoms with van der Waals surface area (Å²) in [5.41, 5.74) is 5.31. The van der Waals surface area contributed by atoms with Crippen LogP contribution in [-0.4, -0.2) is 24.2 Å². The fraction of sp³-hybridized carbons (Fsp3) is 0.231. The number of nitrogens with zero attached hydrogens (tertiary/aromatic N) is 1. The van der Waals surface area contributed by atoms with E-state index in [9.17, 15) is 9.90 Å². The second kappa shape index (κ2) is 7.79. The summed E-state index contributed by atoms with van der Waals surface area (Å²) >= 11 is 13.1. The molecule has 0 radical (unpaired) electrons. The van der Waals surface area contributed by atoms with Crippen molar-refractivity contribution in [2.45, 2.75) is 25.7 Å². The SMILES string of the molecule is O=C(O)c1c(Cl)ccc(Cl)c1C1=c2cc3c(cc2Oc2cc4c(cc21)CCCN4)=NCCC3. The molecule has 0 amide bonds. The Morgan fingerprint density at radius 1 is 1.00 bits per heavy atom. The fourth-order valence-corrected chi connectivity index (χ4v) is 5.52. The first-order valence-electron chi connectivity index (χ1n) is 11.0. The number of benzene rings is 3. The Kier molecular flexibility index (Phi) is 4.86. The van der Waals surface area contributed by atoms with Crippen molar-refractivity contribution in [2.75, 3.05) is 18.4 Å². The van der Waals surface area contributed by atoms with Crippen LogP contribution in [0.4, 0.5) is 5.69 Å². The van der Waals surface area contributed by atoms with Crippen LogP contribution >= 0.6 is 23.2 Å². The van der Waals surface area contributed by atoms with Gasteiger partial charge in [0.05, 0.1) is 15.9 Å². The number of carboxylic acid groups (broad SMARTS) is 1. The van der Waals surface area contributed by atoms with Crippen LogP contribution in [-0.2, 0) is 12.8 Å². The monoisotopic (exact) mass is 478 g/mol. The molecule has 3 aliphatic heterocycles. The lowest BCUT2D eigenvalue weighted by Gasteiger charge is -2.27. The molecule has 0 fully saturated rings. The van der Waals surface area contributed by atoms with Gasteiger partial charge in [0.15, 0.2) is 0 Å². The maximum absolute atomic E-state index is 12.3. The van der Waals surface area contributed by atoms with Crippen molar-refractivity contribution in [1.82, 2.24) is 0 Å². The number of ether oxygens (including phenoxy) is 1. The number of fused-ring (bicyclic) bond motifs is 4. The third-order valence-corrected chi connectivity index (χ3v) is 7.17. The number of nitrogens with one attached hydrogen (secondary N) is 1. The lowest BCUT2D eigenvalue weighted by molar-refractivity contribution is 0.0696. The minimum atomic E-state index is -1.12. The summed E-state index contributed by atoms with van der Waals surface area (Å²) < 4.78 is 6.39. The van der Waals surface area contributed by atoms with Crippen molar-refractivity contribution < 1.29 is 14.6 Å². The van der Waals surface area contributed by atoms with Crippen LogP contribution < -0.4 is 20.6 Å². The van der Waals surface area contributed by atoms with Crippen molar-refractivity contribution >= 4 is 40.4 Å². The van der Waals surface area contributed by atoms with Gasteiger partial charge in [-0.05, 0) is 61.1 Å². The van der Waals surface area contributed by atoms with E-state index in [0.717, 1.165) is 71.7 Å². The van der Waals surface area contributed by atoms with Crippen LogP contribution in [0.2, 0.25) is 10.0 Å². The normalized spacial score (nSPS) is 15.8. The van der Waals surface area contributed by atoms with Crippen LogP contribution in [0.3, 0.4) is 0 Å². The van der Waals surface area contributed by atoms with Crippen molar-refractivity contribution in [2.24, 2.45) is 4.99 Å². The van der Waals surface area contributed by atoms with E-state index in [1.165, 1.54) is 11.6 Å². The highest BCUT2D eigenvalue weighted by Gasteiger charge is 2.29. The van der Waals surface area contributed by atoms with E-state index < -0.39 is 5.97 Å². The lowest BCUT2D eigenvalue weighted by Crippen LogP contribution is -2.26. The number of carboxylic acids is 1. The second-order valence-corrected chi connectivity index (χ2v) is 9.37. The number of aromatic carboxylic acids is 1. The zero-order valence-electron chi connectivity index (χ0n) is 17.7. The quantitative estimate of drug-likeness (QED) is 0.426. The number of hydrogen-bond acceptors (Lipinski definition) is 4. The van der Waals surface area contributed by atoms with E-state index in [-0.39, 0.29) is 10.6 Å². The number of anilines is 1. The highest BCUT2D eigenvalue weighted by Crippen LogP contribution is 2.44. The summed E-state index contributed by atoms with van der Waals surface area (Å²) in [5, 5.41) is 15.7. The first-order valence-corrected chi connectivity index (χ1v) is 11.8. The molecule has 3 aromatic carbocycles. The Balaban J connectivity index is 1.77. The molecule has 3 aliphatic rings. The lowest BCUT2D eigenvalue weighted by atomic mass is 9.86. The Hall–Kier alpha value is -3.02. The smallest absolute Gasteiger partial charge is 0.337 e. The Morgan fingerprint density at radius 3 is 2.67 bits per heavy atom. The minimum Gasteiger partial charge on any atom is -0.478 e. The summed E-state index contributed by atoms with van der Waals surface area (Å²) in [6.07, 6.45) is 3.87. The third kappa shape index (κ3) is 3.30. The van der Waals surface area contributed by atoms with Gasteiger partial charge in [0.2, 0.25) is 0 Å². The van der Waals surface area contributed by atoms with Gasteiger partial charge in [0.1, 0.15) is 11.5 Å². The van der Waals surface area contributed by atoms with Crippen molar-refractivity contribution in [3.63, 3.8) is 0 Å². The molecule has 3 heterocycles. The van der Waals surface area contributed by atoms with E-state index in [4.69, 9.17) is 27.9 Å². The Labute approximate surface area is 200 Å². The number of aryl methyl sites for hydroxylation is 2. The number of hydrogen-bond donors (Lipinski definition) is 2. The number of rotatable bonds is 2. The molecule has 0 spiro atoms. The zero-order valence-corrected chi connectivity index (χ0v) is 19.2. The highest BCUT2D eigenvalue weighted by atomic mass is 35.5. The summed E-state index contributed by atoms with van der Waals surface area (Å²) in [4.78, 5) is 17.0. The number of halogens is 2. The molecule has 0 bridgehead atoms. The maximum Gasteiger partial charge on any atom is 0.337 e. The van der Waals surface area contributed by atoms with Gasteiger partial charge in [-0.3, -0.25) is 4.99 Å². The summed E-state index contributed by atoms with van der Waals surface area (Å²) in [6, 6.07) is 11.3. The Morgan fingerprint density at radius 2 is 1.82 bits per heavy atom. The minimum absolute atomic E-state index is 0.00350. The first kappa shape index (κ1) is 20.6. The molecule has 0 saturated carbocycles. The van der Waals surface area contributed by atoms with E-state index in [1.807, 2.05) is 12.1 Å². The molecule has 2 N–H and O–H groups in total. The molecule has 33 heavy (non-hydrogen) atoms. The second-order valence-electron chi connectivity index (χ2n) is 8.56. The molecule has 0 aliphatic carbocycles. The van der Waals surface area contributed by atoms with Gasteiger partial charge in [0.25, 0.3) is 0 Å². The molecule has 0 atom stereocenters. The van der Waals surface area contributed by atoms with Crippen LogP contribution in [0.15, 0.2) is 41.4 Å². The third-order valence-electron chi connectivity index (χ3n) is 6.54. The van der Waals surface area contributed by atoms with E-state index in [1.54, 1.807) is 6.07 Å². The van der Waals surface area contributed by atoms with Gasteiger partial charge in [-0.2, -0.15) is 0 Å². The highest BCUT2D eigenvalue weighted by molar-refractivity contribution is 6.37. The van der Waals surface area contributed by atoms with Gasteiger partial charge in [-0.15, -0.1) is 0 Å². The molecule has 166 valence electrons.